The van der Waals surface area contributed by atoms with Gasteiger partial charge in [0.05, 0.1) is 46.7 Å². The van der Waals surface area contributed by atoms with Gasteiger partial charge >= 0.3 is 0 Å². The molecule has 2 saturated carbocycles. The average molecular weight is 607 g/mol. The molecule has 0 amide bonds. The summed E-state index contributed by atoms with van der Waals surface area (Å²) < 4.78 is 7.71. The molecule has 1 atom stereocenters. The zero-order chi connectivity index (χ0) is 30.6. The lowest BCUT2D eigenvalue weighted by atomic mass is 9.96. The van der Waals surface area contributed by atoms with Gasteiger partial charge < -0.3 is 15.4 Å². The first-order chi connectivity index (χ1) is 21.2. The lowest BCUT2D eigenvalue weighted by molar-refractivity contribution is 0.371. The van der Waals surface area contributed by atoms with E-state index in [0.717, 1.165) is 51.6 Å². The number of pyridine rings is 2. The highest BCUT2D eigenvalue weighted by Crippen LogP contribution is 2.59. The average Bonchev–Trinajstić information content (AvgIpc) is 3.95. The molecule has 3 aromatic heterocycles. The zero-order valence-corrected chi connectivity index (χ0v) is 26.1. The van der Waals surface area contributed by atoms with Crippen LogP contribution in [-0.4, -0.2) is 38.6 Å². The van der Waals surface area contributed by atoms with Gasteiger partial charge in [-0.2, -0.15) is 5.26 Å². The predicted octanol–water partition coefficient (Wildman–Crippen LogP) is 7.47. The van der Waals surface area contributed by atoms with Gasteiger partial charge in [0.15, 0.2) is 0 Å². The molecule has 0 saturated heterocycles. The zero-order valence-electron chi connectivity index (χ0n) is 25.4. The largest absolute Gasteiger partial charge is 0.481 e. The van der Waals surface area contributed by atoms with Crippen molar-refractivity contribution >= 4 is 44.7 Å². The van der Waals surface area contributed by atoms with E-state index in [1.54, 1.807) is 19.5 Å². The molecule has 2 aliphatic carbocycles. The van der Waals surface area contributed by atoms with E-state index in [2.05, 4.69) is 69.6 Å². The lowest BCUT2D eigenvalue weighted by Gasteiger charge is -2.23. The normalized spacial score (nSPS) is 16.5. The molecule has 2 aromatic carbocycles. The quantitative estimate of drug-likeness (QED) is 0.178. The minimum atomic E-state index is -0.360. The first kappa shape index (κ1) is 28.4. The van der Waals surface area contributed by atoms with Crippen LogP contribution in [0.15, 0.2) is 55.0 Å². The van der Waals surface area contributed by atoms with Crippen molar-refractivity contribution in [2.24, 2.45) is 11.3 Å². The van der Waals surface area contributed by atoms with Crippen LogP contribution in [0.2, 0.25) is 5.02 Å². The van der Waals surface area contributed by atoms with Gasteiger partial charge in [-0.1, -0.05) is 49.7 Å². The van der Waals surface area contributed by atoms with Gasteiger partial charge in [0, 0.05) is 35.4 Å². The van der Waals surface area contributed by atoms with Crippen LogP contribution in [0.3, 0.4) is 0 Å². The Morgan fingerprint density at radius 1 is 1.14 bits per heavy atom. The standard InChI is InChI=1S/C34H35ClN8O/c1-33(2,3)19-39-29-20(16-36)17-38-30-26(29)14-22(15-27(30)35)40-31(24-6-5-7-25-23(24)10-13-37-32(25)44-4)28-18-43(42-41-28)34(11-12-34)21-8-9-21/h5-7,10,13-15,17-18,21,31,40H,8-9,11-12,19H2,1-4H3,(H,38,39)/t31-/m0/s1. The summed E-state index contributed by atoms with van der Waals surface area (Å²) in [5, 5.41) is 29.8. The number of rotatable bonds is 9. The molecule has 2 N–H and O–H groups in total. The van der Waals surface area contributed by atoms with Gasteiger partial charge in [-0.15, -0.1) is 5.10 Å². The highest BCUT2D eigenvalue weighted by molar-refractivity contribution is 6.35. The van der Waals surface area contributed by atoms with E-state index in [-0.39, 0.29) is 17.0 Å². The molecular weight excluding hydrogens is 572 g/mol. The number of aromatic nitrogens is 5. The summed E-state index contributed by atoms with van der Waals surface area (Å²) in [5.41, 5.74) is 4.54. The van der Waals surface area contributed by atoms with Crippen molar-refractivity contribution in [1.82, 2.24) is 25.0 Å². The third-order valence-electron chi connectivity index (χ3n) is 8.82. The van der Waals surface area contributed by atoms with Crippen molar-refractivity contribution in [2.45, 2.75) is 58.0 Å². The highest BCUT2D eigenvalue weighted by Gasteiger charge is 2.56. The number of benzene rings is 2. The number of nitrogens with zero attached hydrogens (tertiary/aromatic N) is 6. The van der Waals surface area contributed by atoms with Gasteiger partial charge in [0.2, 0.25) is 5.88 Å². The molecule has 5 aromatic rings. The first-order valence-corrected chi connectivity index (χ1v) is 15.5. The van der Waals surface area contributed by atoms with Crippen molar-refractivity contribution in [3.63, 3.8) is 0 Å². The van der Waals surface area contributed by atoms with Gasteiger partial charge in [-0.05, 0) is 72.2 Å². The second-order valence-corrected chi connectivity index (χ2v) is 13.6. The smallest absolute Gasteiger partial charge is 0.221 e. The van der Waals surface area contributed by atoms with E-state index >= 15 is 0 Å². The minimum absolute atomic E-state index is 0.00254. The molecule has 9 nitrogen and oxygen atoms in total. The second-order valence-electron chi connectivity index (χ2n) is 13.2. The fourth-order valence-corrected chi connectivity index (χ4v) is 6.54. The first-order valence-electron chi connectivity index (χ1n) is 15.1. The molecule has 3 heterocycles. The van der Waals surface area contributed by atoms with E-state index < -0.39 is 0 Å². The van der Waals surface area contributed by atoms with E-state index in [1.807, 2.05) is 30.3 Å². The summed E-state index contributed by atoms with van der Waals surface area (Å²) in [5.74, 6) is 1.26. The Morgan fingerprint density at radius 2 is 1.95 bits per heavy atom. The summed E-state index contributed by atoms with van der Waals surface area (Å²) in [7, 11) is 1.63. The number of hydrogen-bond acceptors (Lipinski definition) is 8. The Hall–Kier alpha value is -4.42. The van der Waals surface area contributed by atoms with Crippen LogP contribution in [0.1, 0.15) is 69.3 Å². The molecule has 0 spiro atoms. The number of methoxy groups -OCH3 is 1. The molecule has 0 aliphatic heterocycles. The van der Waals surface area contributed by atoms with Crippen LogP contribution in [0.5, 0.6) is 5.88 Å². The Kier molecular flexibility index (Phi) is 6.85. The number of hydrogen-bond donors (Lipinski definition) is 2. The molecular formula is C34H35ClN8O. The Labute approximate surface area is 261 Å². The van der Waals surface area contributed by atoms with Gasteiger partial charge in [0.25, 0.3) is 0 Å². The Balaban J connectivity index is 1.36. The Morgan fingerprint density at radius 3 is 2.66 bits per heavy atom. The van der Waals surface area contributed by atoms with Crippen LogP contribution < -0.4 is 15.4 Å². The number of ether oxygens (including phenoxy) is 1. The van der Waals surface area contributed by atoms with E-state index in [9.17, 15) is 5.26 Å². The molecule has 0 bridgehead atoms. The molecule has 7 rings (SSSR count). The van der Waals surface area contributed by atoms with E-state index in [1.165, 1.54) is 12.8 Å². The minimum Gasteiger partial charge on any atom is -0.481 e. The van der Waals surface area contributed by atoms with Gasteiger partial charge in [0.1, 0.15) is 11.8 Å². The molecule has 44 heavy (non-hydrogen) atoms. The SMILES string of the molecule is COc1nccc2c([C@H](Nc3cc(Cl)c4ncc(C#N)c(NCC(C)(C)C)c4c3)c3cn(C4(C5CC5)CC4)nn3)cccc12. The summed E-state index contributed by atoms with van der Waals surface area (Å²) in [6, 6.07) is 14.0. The van der Waals surface area contributed by atoms with Gasteiger partial charge in [-0.25, -0.2) is 9.67 Å². The maximum absolute atomic E-state index is 9.94. The lowest BCUT2D eigenvalue weighted by Crippen LogP contribution is -2.20. The van der Waals surface area contributed by atoms with Crippen molar-refractivity contribution in [1.29, 1.82) is 5.26 Å². The van der Waals surface area contributed by atoms with Crippen molar-refractivity contribution in [3.8, 4) is 11.9 Å². The number of nitrogens with one attached hydrogen (secondary N) is 2. The highest BCUT2D eigenvalue weighted by atomic mass is 35.5. The van der Waals surface area contributed by atoms with E-state index in [4.69, 9.17) is 21.4 Å². The second kappa shape index (κ2) is 10.6. The monoisotopic (exact) mass is 606 g/mol. The molecule has 2 aliphatic rings. The third kappa shape index (κ3) is 5.07. The molecule has 0 radical (unpaired) electrons. The summed E-state index contributed by atoms with van der Waals surface area (Å²) >= 11 is 6.87. The van der Waals surface area contributed by atoms with Gasteiger partial charge in [-0.3, -0.25) is 4.98 Å². The molecule has 10 heteroatoms. The molecule has 2 fully saturated rings. The maximum atomic E-state index is 9.94. The van der Waals surface area contributed by atoms with Crippen molar-refractivity contribution in [2.75, 3.05) is 24.3 Å². The maximum Gasteiger partial charge on any atom is 0.221 e. The van der Waals surface area contributed by atoms with Crippen LogP contribution in [0.4, 0.5) is 11.4 Å². The number of nitriles is 1. The number of halogens is 1. The number of fused-ring (bicyclic) bond motifs is 2. The summed E-state index contributed by atoms with van der Waals surface area (Å²) in [6.45, 7) is 7.13. The molecule has 0 unspecified atom stereocenters. The number of anilines is 2. The van der Waals surface area contributed by atoms with Crippen LogP contribution in [-0.2, 0) is 5.54 Å². The van der Waals surface area contributed by atoms with Crippen molar-refractivity contribution in [3.05, 3.63) is 76.8 Å². The summed E-state index contributed by atoms with van der Waals surface area (Å²) in [6.07, 6.45) is 10.3. The predicted molar refractivity (Wildman–Crippen MR) is 173 cm³/mol. The fraction of sp³-hybridized carbons (Fsp3) is 0.382. The molecule has 224 valence electrons. The third-order valence-corrected chi connectivity index (χ3v) is 9.11. The van der Waals surface area contributed by atoms with Crippen LogP contribution in [0.25, 0.3) is 21.7 Å². The Bertz CT molecular complexity index is 1930. The fourth-order valence-electron chi connectivity index (χ4n) is 6.27. The van der Waals surface area contributed by atoms with Crippen molar-refractivity contribution < 1.29 is 4.74 Å². The van der Waals surface area contributed by atoms with Crippen LogP contribution in [0, 0.1) is 22.7 Å². The topological polar surface area (TPSA) is 114 Å². The van der Waals surface area contributed by atoms with Crippen LogP contribution >= 0.6 is 11.6 Å². The summed E-state index contributed by atoms with van der Waals surface area (Å²) in [4.78, 5) is 8.97. The van der Waals surface area contributed by atoms with E-state index in [0.29, 0.717) is 34.4 Å².